The number of fused-ring (bicyclic) bond motifs is 1. The van der Waals surface area contributed by atoms with Gasteiger partial charge in [-0.05, 0) is 42.4 Å². The molecule has 1 aliphatic heterocycles. The predicted molar refractivity (Wildman–Crippen MR) is 62.9 cm³/mol. The van der Waals surface area contributed by atoms with Crippen LogP contribution in [-0.4, -0.2) is 17.8 Å². The lowest BCUT2D eigenvalue weighted by atomic mass is 9.82. The number of hydrogen-bond acceptors (Lipinski definition) is 2. The van der Waals surface area contributed by atoms with Crippen molar-refractivity contribution in [3.63, 3.8) is 0 Å². The van der Waals surface area contributed by atoms with Crippen LogP contribution in [0.3, 0.4) is 0 Å². The summed E-state index contributed by atoms with van der Waals surface area (Å²) < 4.78 is 5.51. The molecule has 0 bridgehead atoms. The third-order valence-corrected chi connectivity index (χ3v) is 3.83. The summed E-state index contributed by atoms with van der Waals surface area (Å²) in [6.45, 7) is 0.825. The van der Waals surface area contributed by atoms with Crippen molar-refractivity contribution in [2.24, 2.45) is 0 Å². The second-order valence-corrected chi connectivity index (χ2v) is 4.98. The van der Waals surface area contributed by atoms with Gasteiger partial charge in [-0.2, -0.15) is 0 Å². The minimum absolute atomic E-state index is 0.0942. The van der Waals surface area contributed by atoms with Gasteiger partial charge >= 0.3 is 0 Å². The van der Waals surface area contributed by atoms with Gasteiger partial charge in [0.25, 0.3) is 0 Å². The average molecular weight is 218 g/mol. The second-order valence-electron chi connectivity index (χ2n) is 4.98. The lowest BCUT2D eigenvalue weighted by molar-refractivity contribution is 0.119. The van der Waals surface area contributed by atoms with Gasteiger partial charge in [-0.3, -0.25) is 0 Å². The van der Waals surface area contributed by atoms with E-state index in [2.05, 4.69) is 18.2 Å². The molecule has 0 amide bonds. The first-order chi connectivity index (χ1) is 7.83. The van der Waals surface area contributed by atoms with Crippen LogP contribution in [0.15, 0.2) is 18.2 Å². The number of hydrogen-bond donors (Lipinski definition) is 1. The van der Waals surface area contributed by atoms with Gasteiger partial charge in [0.1, 0.15) is 5.75 Å². The monoisotopic (exact) mass is 218 g/mol. The lowest BCUT2D eigenvalue weighted by Gasteiger charge is -2.26. The summed E-state index contributed by atoms with van der Waals surface area (Å²) in [5.74, 6) is 1.61. The molecule has 1 aromatic rings. The SMILES string of the molecule is OC1CCCC(c2ccc3c(c2)CCO3)C1. The van der Waals surface area contributed by atoms with E-state index in [1.807, 2.05) is 0 Å². The van der Waals surface area contributed by atoms with Gasteiger partial charge in [0.2, 0.25) is 0 Å². The van der Waals surface area contributed by atoms with E-state index < -0.39 is 0 Å². The Morgan fingerprint density at radius 3 is 3.06 bits per heavy atom. The summed E-state index contributed by atoms with van der Waals surface area (Å²) in [5.41, 5.74) is 2.74. The Bertz CT molecular complexity index is 386. The molecule has 0 saturated heterocycles. The maximum absolute atomic E-state index is 9.71. The van der Waals surface area contributed by atoms with E-state index in [4.69, 9.17) is 4.74 Å². The number of aliphatic hydroxyl groups is 1. The van der Waals surface area contributed by atoms with Gasteiger partial charge < -0.3 is 9.84 Å². The summed E-state index contributed by atoms with van der Waals surface area (Å²) in [4.78, 5) is 0. The van der Waals surface area contributed by atoms with Crippen LogP contribution >= 0.6 is 0 Å². The van der Waals surface area contributed by atoms with Gasteiger partial charge in [-0.15, -0.1) is 0 Å². The molecule has 1 N–H and O–H groups in total. The number of benzene rings is 1. The molecule has 3 rings (SSSR count). The zero-order chi connectivity index (χ0) is 11.0. The Morgan fingerprint density at radius 1 is 1.25 bits per heavy atom. The standard InChI is InChI=1S/C14H18O2/c15-13-3-1-2-10(9-13)11-4-5-14-12(8-11)6-7-16-14/h4-5,8,10,13,15H,1-3,6-7,9H2. The van der Waals surface area contributed by atoms with E-state index >= 15 is 0 Å². The van der Waals surface area contributed by atoms with Crippen LogP contribution < -0.4 is 4.74 Å². The van der Waals surface area contributed by atoms with Crippen LogP contribution in [0.5, 0.6) is 5.75 Å². The Kier molecular flexibility index (Phi) is 2.60. The van der Waals surface area contributed by atoms with Crippen molar-refractivity contribution in [1.82, 2.24) is 0 Å². The number of aliphatic hydroxyl groups excluding tert-OH is 1. The molecule has 1 aliphatic carbocycles. The highest BCUT2D eigenvalue weighted by atomic mass is 16.5. The van der Waals surface area contributed by atoms with Gasteiger partial charge in [-0.25, -0.2) is 0 Å². The fraction of sp³-hybridized carbons (Fsp3) is 0.571. The fourth-order valence-corrected chi connectivity index (χ4v) is 2.93. The van der Waals surface area contributed by atoms with Crippen LogP contribution in [0, 0.1) is 0 Å². The maximum atomic E-state index is 9.71. The highest BCUT2D eigenvalue weighted by molar-refractivity contribution is 5.41. The van der Waals surface area contributed by atoms with Crippen molar-refractivity contribution < 1.29 is 9.84 Å². The highest BCUT2D eigenvalue weighted by Crippen LogP contribution is 2.36. The molecule has 1 aromatic carbocycles. The summed E-state index contributed by atoms with van der Waals surface area (Å²) in [6.07, 6.45) is 5.22. The first-order valence-electron chi connectivity index (χ1n) is 6.26. The zero-order valence-electron chi connectivity index (χ0n) is 9.48. The fourth-order valence-electron chi connectivity index (χ4n) is 2.93. The Labute approximate surface area is 96.2 Å². The summed E-state index contributed by atoms with van der Waals surface area (Å²) >= 11 is 0. The van der Waals surface area contributed by atoms with E-state index in [0.29, 0.717) is 5.92 Å². The van der Waals surface area contributed by atoms with Crippen molar-refractivity contribution in [2.45, 2.75) is 44.1 Å². The molecule has 1 saturated carbocycles. The minimum atomic E-state index is -0.0942. The van der Waals surface area contributed by atoms with Crippen LogP contribution in [0.2, 0.25) is 0 Å². The average Bonchev–Trinajstić information content (AvgIpc) is 2.75. The molecule has 0 radical (unpaired) electrons. The van der Waals surface area contributed by atoms with E-state index in [1.54, 1.807) is 0 Å². The van der Waals surface area contributed by atoms with Crippen LogP contribution in [-0.2, 0) is 6.42 Å². The van der Waals surface area contributed by atoms with E-state index in [1.165, 1.54) is 17.5 Å². The first-order valence-corrected chi connectivity index (χ1v) is 6.26. The van der Waals surface area contributed by atoms with Crippen molar-refractivity contribution in [3.05, 3.63) is 29.3 Å². The third-order valence-electron chi connectivity index (χ3n) is 3.83. The van der Waals surface area contributed by atoms with Crippen molar-refractivity contribution in [2.75, 3.05) is 6.61 Å². The molecule has 2 aliphatic rings. The van der Waals surface area contributed by atoms with E-state index in [-0.39, 0.29) is 6.10 Å². The molecular weight excluding hydrogens is 200 g/mol. The third kappa shape index (κ3) is 1.82. The van der Waals surface area contributed by atoms with Crippen molar-refractivity contribution >= 4 is 0 Å². The van der Waals surface area contributed by atoms with Gasteiger partial charge in [0, 0.05) is 6.42 Å². The zero-order valence-corrected chi connectivity index (χ0v) is 9.48. The van der Waals surface area contributed by atoms with Gasteiger partial charge in [0.05, 0.1) is 12.7 Å². The first kappa shape index (κ1) is 10.2. The minimum Gasteiger partial charge on any atom is -0.493 e. The molecule has 2 atom stereocenters. The lowest BCUT2D eigenvalue weighted by Crippen LogP contribution is -2.18. The largest absolute Gasteiger partial charge is 0.493 e. The van der Waals surface area contributed by atoms with Crippen LogP contribution in [0.4, 0.5) is 0 Å². The smallest absolute Gasteiger partial charge is 0.122 e. The second kappa shape index (κ2) is 4.10. The number of rotatable bonds is 1. The predicted octanol–water partition coefficient (Wildman–Crippen LogP) is 2.64. The van der Waals surface area contributed by atoms with E-state index in [0.717, 1.165) is 38.0 Å². The molecule has 1 fully saturated rings. The topological polar surface area (TPSA) is 29.5 Å². The van der Waals surface area contributed by atoms with Crippen molar-refractivity contribution in [3.8, 4) is 5.75 Å². The molecule has 0 spiro atoms. The van der Waals surface area contributed by atoms with Crippen LogP contribution in [0.1, 0.15) is 42.7 Å². The quantitative estimate of drug-likeness (QED) is 0.785. The maximum Gasteiger partial charge on any atom is 0.122 e. The molecule has 86 valence electrons. The highest BCUT2D eigenvalue weighted by Gasteiger charge is 2.23. The molecule has 0 aromatic heterocycles. The van der Waals surface area contributed by atoms with Crippen LogP contribution in [0.25, 0.3) is 0 Å². The Balaban J connectivity index is 1.83. The molecule has 2 nitrogen and oxygen atoms in total. The summed E-state index contributed by atoms with van der Waals surface area (Å²) in [5, 5.41) is 9.71. The van der Waals surface area contributed by atoms with Crippen molar-refractivity contribution in [1.29, 1.82) is 0 Å². The Morgan fingerprint density at radius 2 is 2.19 bits per heavy atom. The molecule has 16 heavy (non-hydrogen) atoms. The summed E-state index contributed by atoms with van der Waals surface area (Å²) in [7, 11) is 0. The molecule has 2 unspecified atom stereocenters. The molecular formula is C14H18O2. The molecule has 2 heteroatoms. The number of ether oxygens (including phenoxy) is 1. The van der Waals surface area contributed by atoms with Gasteiger partial charge in [-0.1, -0.05) is 18.6 Å². The van der Waals surface area contributed by atoms with Gasteiger partial charge in [0.15, 0.2) is 0 Å². The molecule has 1 heterocycles. The Hall–Kier alpha value is -1.02. The van der Waals surface area contributed by atoms with E-state index in [9.17, 15) is 5.11 Å². The summed E-state index contributed by atoms with van der Waals surface area (Å²) in [6, 6.07) is 6.55. The normalized spacial score (nSPS) is 28.6.